The zero-order chi connectivity index (χ0) is 16.8. The van der Waals surface area contributed by atoms with Gasteiger partial charge in [-0.25, -0.2) is 4.68 Å². The average Bonchev–Trinajstić information content (AvgIpc) is 2.88. The van der Waals surface area contributed by atoms with Crippen LogP contribution in [-0.4, -0.2) is 28.6 Å². The van der Waals surface area contributed by atoms with Gasteiger partial charge in [0.25, 0.3) is 0 Å². The van der Waals surface area contributed by atoms with Gasteiger partial charge in [0.2, 0.25) is 4.77 Å². The van der Waals surface area contributed by atoms with Crippen molar-refractivity contribution in [2.45, 2.75) is 33.2 Å². The number of nitrogens with zero attached hydrogens (tertiary/aromatic N) is 2. The number of aryl methyl sites for hydroxylation is 1. The molecule has 0 unspecified atom stereocenters. The van der Waals surface area contributed by atoms with Crippen LogP contribution in [0, 0.1) is 4.77 Å². The summed E-state index contributed by atoms with van der Waals surface area (Å²) in [5, 5.41) is 7.05. The molecule has 8 heteroatoms. The molecule has 23 heavy (non-hydrogen) atoms. The van der Waals surface area contributed by atoms with Gasteiger partial charge in [0.15, 0.2) is 17.3 Å². The minimum absolute atomic E-state index is 0.561. The first-order valence-electron chi connectivity index (χ1n) is 7.50. The Hall–Kier alpha value is -1.54. The molecule has 0 radical (unpaired) electrons. The van der Waals surface area contributed by atoms with Crippen molar-refractivity contribution in [1.29, 1.82) is 0 Å². The maximum absolute atomic E-state index is 5.61. The van der Waals surface area contributed by atoms with Crippen LogP contribution < -0.4 is 14.9 Å². The van der Waals surface area contributed by atoms with Crippen LogP contribution in [0.25, 0.3) is 0 Å². The third-order valence-corrected chi connectivity index (χ3v) is 4.10. The van der Waals surface area contributed by atoms with Gasteiger partial charge in [-0.1, -0.05) is 6.92 Å². The Morgan fingerprint density at radius 2 is 2.17 bits per heavy atom. The van der Waals surface area contributed by atoms with Gasteiger partial charge < -0.3 is 14.9 Å². The summed E-state index contributed by atoms with van der Waals surface area (Å²) >= 11 is 8.79. The quantitative estimate of drug-likeness (QED) is 0.659. The highest BCUT2D eigenvalue weighted by Crippen LogP contribution is 2.36. The van der Waals surface area contributed by atoms with E-state index in [-0.39, 0.29) is 0 Å². The standard InChI is InChI=1S/C15H21BrN4O2S/c1-4-6-13-18-19-15(23)20(13)17-9-10-7-11(16)14(22-5-2)12(8-10)21-3/h7-8,17H,4-6,9H2,1-3H3,(H,19,23). The minimum atomic E-state index is 0.561. The lowest BCUT2D eigenvalue weighted by Crippen LogP contribution is -2.17. The summed E-state index contributed by atoms with van der Waals surface area (Å²) in [6.45, 7) is 5.22. The van der Waals surface area contributed by atoms with Crippen LogP contribution in [0.5, 0.6) is 11.5 Å². The van der Waals surface area contributed by atoms with E-state index in [0.29, 0.717) is 29.4 Å². The molecule has 0 saturated carbocycles. The fraction of sp³-hybridized carbons (Fsp3) is 0.467. The third-order valence-electron chi connectivity index (χ3n) is 3.23. The molecule has 126 valence electrons. The number of aromatic amines is 1. The minimum Gasteiger partial charge on any atom is -0.493 e. The van der Waals surface area contributed by atoms with Gasteiger partial charge in [-0.3, -0.25) is 5.10 Å². The number of benzene rings is 1. The molecule has 2 aromatic rings. The molecule has 1 heterocycles. The largest absolute Gasteiger partial charge is 0.493 e. The van der Waals surface area contributed by atoms with Crippen molar-refractivity contribution in [1.82, 2.24) is 14.9 Å². The fourth-order valence-electron chi connectivity index (χ4n) is 2.21. The molecule has 0 fully saturated rings. The van der Waals surface area contributed by atoms with Crippen molar-refractivity contribution < 1.29 is 9.47 Å². The van der Waals surface area contributed by atoms with Gasteiger partial charge in [-0.2, -0.15) is 5.10 Å². The van der Waals surface area contributed by atoms with Crippen LogP contribution in [0.2, 0.25) is 0 Å². The van der Waals surface area contributed by atoms with Gasteiger partial charge in [-0.15, -0.1) is 0 Å². The molecular weight excluding hydrogens is 380 g/mol. The summed E-state index contributed by atoms with van der Waals surface area (Å²) in [5.74, 6) is 2.31. The molecule has 0 bridgehead atoms. The van der Waals surface area contributed by atoms with Gasteiger partial charge in [0.1, 0.15) is 0 Å². The van der Waals surface area contributed by atoms with Crippen molar-refractivity contribution in [2.75, 3.05) is 19.1 Å². The van der Waals surface area contributed by atoms with Gasteiger partial charge in [0.05, 0.1) is 24.7 Å². The molecule has 1 aromatic carbocycles. The lowest BCUT2D eigenvalue weighted by atomic mass is 10.2. The topological polar surface area (TPSA) is 64.1 Å². The van der Waals surface area contributed by atoms with Crippen LogP contribution in [0.3, 0.4) is 0 Å². The van der Waals surface area contributed by atoms with E-state index >= 15 is 0 Å². The maximum atomic E-state index is 5.61. The Bertz CT molecular complexity index is 714. The van der Waals surface area contributed by atoms with Crippen LogP contribution in [0.1, 0.15) is 31.7 Å². The highest BCUT2D eigenvalue weighted by molar-refractivity contribution is 9.10. The Balaban J connectivity index is 2.20. The Morgan fingerprint density at radius 3 is 2.83 bits per heavy atom. The zero-order valence-electron chi connectivity index (χ0n) is 13.5. The Morgan fingerprint density at radius 1 is 1.39 bits per heavy atom. The second-order valence-corrected chi connectivity index (χ2v) is 6.15. The number of H-pyrrole nitrogens is 1. The van der Waals surface area contributed by atoms with E-state index in [0.717, 1.165) is 28.7 Å². The van der Waals surface area contributed by atoms with Crippen molar-refractivity contribution in [3.63, 3.8) is 0 Å². The van der Waals surface area contributed by atoms with Crippen molar-refractivity contribution >= 4 is 28.1 Å². The third kappa shape index (κ3) is 4.26. The molecule has 0 aliphatic carbocycles. The van der Waals surface area contributed by atoms with E-state index in [2.05, 4.69) is 38.5 Å². The number of halogens is 1. The van der Waals surface area contributed by atoms with E-state index in [1.54, 1.807) is 7.11 Å². The summed E-state index contributed by atoms with van der Waals surface area (Å²) in [6, 6.07) is 3.95. The highest BCUT2D eigenvalue weighted by Gasteiger charge is 2.12. The van der Waals surface area contributed by atoms with Crippen LogP contribution >= 0.6 is 28.1 Å². The van der Waals surface area contributed by atoms with Gasteiger partial charge in [0, 0.05) is 6.42 Å². The van der Waals surface area contributed by atoms with Gasteiger partial charge >= 0.3 is 0 Å². The SMILES string of the molecule is CCCc1n[nH]c(=S)n1NCc1cc(Br)c(OCC)c(OC)c1. The van der Waals surface area contributed by atoms with Crippen molar-refractivity contribution in [2.24, 2.45) is 0 Å². The van der Waals surface area contributed by atoms with Crippen molar-refractivity contribution in [3.8, 4) is 11.5 Å². The average molecular weight is 401 g/mol. The normalized spacial score (nSPS) is 10.6. The van der Waals surface area contributed by atoms with E-state index in [4.69, 9.17) is 21.7 Å². The number of rotatable bonds is 8. The molecule has 1 aromatic heterocycles. The summed E-state index contributed by atoms with van der Waals surface area (Å²) in [6.07, 6.45) is 1.86. The Kier molecular flexibility index (Phi) is 6.47. The second-order valence-electron chi connectivity index (χ2n) is 4.91. The lowest BCUT2D eigenvalue weighted by molar-refractivity contribution is 0.308. The molecule has 0 saturated heterocycles. The molecule has 2 rings (SSSR count). The molecule has 6 nitrogen and oxygen atoms in total. The zero-order valence-corrected chi connectivity index (χ0v) is 15.9. The van der Waals surface area contributed by atoms with E-state index < -0.39 is 0 Å². The Labute approximate surface area is 149 Å². The van der Waals surface area contributed by atoms with E-state index in [1.165, 1.54) is 0 Å². The molecule has 0 spiro atoms. The number of hydrogen-bond acceptors (Lipinski definition) is 5. The predicted molar refractivity (Wildman–Crippen MR) is 96.3 cm³/mol. The van der Waals surface area contributed by atoms with Crippen LogP contribution in [-0.2, 0) is 13.0 Å². The van der Waals surface area contributed by atoms with Crippen LogP contribution in [0.15, 0.2) is 16.6 Å². The first-order chi connectivity index (χ1) is 11.1. The summed E-state index contributed by atoms with van der Waals surface area (Å²) < 4.78 is 14.3. The number of hydrogen-bond donors (Lipinski definition) is 2. The molecule has 0 aliphatic rings. The number of aromatic nitrogens is 3. The van der Waals surface area contributed by atoms with Gasteiger partial charge in [-0.05, 0) is 59.2 Å². The predicted octanol–water partition coefficient (Wildman–Crippen LogP) is 3.81. The highest BCUT2D eigenvalue weighted by atomic mass is 79.9. The fourth-order valence-corrected chi connectivity index (χ4v) is 3.03. The maximum Gasteiger partial charge on any atom is 0.214 e. The molecule has 0 aliphatic heterocycles. The number of ether oxygens (including phenoxy) is 2. The molecule has 0 atom stereocenters. The summed E-state index contributed by atoms with van der Waals surface area (Å²) in [4.78, 5) is 0. The first-order valence-corrected chi connectivity index (χ1v) is 8.70. The lowest BCUT2D eigenvalue weighted by Gasteiger charge is -2.15. The first kappa shape index (κ1) is 17.8. The molecule has 2 N–H and O–H groups in total. The summed E-state index contributed by atoms with van der Waals surface area (Å²) in [7, 11) is 1.63. The molecular formula is C15H21BrN4O2S. The van der Waals surface area contributed by atoms with Crippen molar-refractivity contribution in [3.05, 3.63) is 32.8 Å². The molecule has 0 amide bonds. The monoisotopic (exact) mass is 400 g/mol. The number of methoxy groups -OCH3 is 1. The van der Waals surface area contributed by atoms with E-state index in [1.807, 2.05) is 23.7 Å². The summed E-state index contributed by atoms with van der Waals surface area (Å²) in [5.41, 5.74) is 4.34. The number of nitrogens with one attached hydrogen (secondary N) is 2. The second kappa shape index (κ2) is 8.35. The van der Waals surface area contributed by atoms with E-state index in [9.17, 15) is 0 Å². The van der Waals surface area contributed by atoms with Crippen LogP contribution in [0.4, 0.5) is 0 Å². The smallest absolute Gasteiger partial charge is 0.214 e.